The summed E-state index contributed by atoms with van der Waals surface area (Å²) in [6.07, 6.45) is -1.30. The first-order valence-electron chi connectivity index (χ1n) is 9.51. The third kappa shape index (κ3) is 4.99. The van der Waals surface area contributed by atoms with Gasteiger partial charge in [0.2, 0.25) is 5.78 Å². The Bertz CT molecular complexity index is 1100. The first-order chi connectivity index (χ1) is 15.0. The number of aromatic amines is 1. The summed E-state index contributed by atoms with van der Waals surface area (Å²) in [4.78, 5) is 62.5. The number of hydrogen-bond acceptors (Lipinski definition) is 9. The zero-order valence-electron chi connectivity index (χ0n) is 18.1. The fourth-order valence-electron chi connectivity index (χ4n) is 3.06. The molecule has 0 aliphatic rings. The van der Waals surface area contributed by atoms with E-state index in [9.17, 15) is 29.3 Å². The number of nitrogens with one attached hydrogen (secondary N) is 1. The maximum Gasteiger partial charge on any atom is 0.339 e. The second-order valence-corrected chi connectivity index (χ2v) is 6.77. The van der Waals surface area contributed by atoms with Gasteiger partial charge in [-0.25, -0.2) is 14.4 Å². The normalized spacial score (nSPS) is 11.4. The molecule has 0 saturated carbocycles. The van der Waals surface area contributed by atoms with E-state index in [1.54, 1.807) is 20.8 Å². The fraction of sp³-hybridized carbons (Fsp3) is 0.333. The number of hydrogen-bond donors (Lipinski definition) is 1. The zero-order chi connectivity index (χ0) is 24.2. The Kier molecular flexibility index (Phi) is 7.47. The van der Waals surface area contributed by atoms with Crippen LogP contribution in [0.2, 0.25) is 0 Å². The molecule has 1 aromatic heterocycles. The predicted octanol–water partition coefficient (Wildman–Crippen LogP) is 2.93. The summed E-state index contributed by atoms with van der Waals surface area (Å²) in [6.45, 7) is 6.05. The monoisotopic (exact) mass is 446 g/mol. The van der Waals surface area contributed by atoms with Crippen molar-refractivity contribution in [1.29, 1.82) is 0 Å². The van der Waals surface area contributed by atoms with Crippen LogP contribution in [0, 0.1) is 24.0 Å². The Labute approximate surface area is 182 Å². The molecule has 0 fully saturated rings. The van der Waals surface area contributed by atoms with Gasteiger partial charge in [-0.3, -0.25) is 14.9 Å². The van der Waals surface area contributed by atoms with Gasteiger partial charge >= 0.3 is 17.9 Å². The number of ketones is 1. The largest absolute Gasteiger partial charge is 0.465 e. The lowest BCUT2D eigenvalue weighted by Crippen LogP contribution is -2.25. The number of rotatable bonds is 8. The number of non-ortho nitro benzene ring substituents is 1. The lowest BCUT2D eigenvalue weighted by atomic mass is 10.1. The fourth-order valence-corrected chi connectivity index (χ4v) is 3.06. The highest BCUT2D eigenvalue weighted by atomic mass is 16.6. The van der Waals surface area contributed by atoms with Crippen LogP contribution >= 0.6 is 0 Å². The number of aromatic nitrogens is 1. The van der Waals surface area contributed by atoms with E-state index in [0.717, 1.165) is 18.2 Å². The van der Waals surface area contributed by atoms with Crippen LogP contribution in [0.3, 0.4) is 0 Å². The van der Waals surface area contributed by atoms with Gasteiger partial charge in [0.05, 0.1) is 41.0 Å². The van der Waals surface area contributed by atoms with E-state index in [1.807, 2.05) is 0 Å². The van der Waals surface area contributed by atoms with Crippen LogP contribution in [0.5, 0.6) is 0 Å². The second-order valence-electron chi connectivity index (χ2n) is 6.77. The quantitative estimate of drug-likeness (QED) is 0.212. The highest BCUT2D eigenvalue weighted by Gasteiger charge is 2.28. The van der Waals surface area contributed by atoms with E-state index in [4.69, 9.17) is 14.2 Å². The van der Waals surface area contributed by atoms with Crippen molar-refractivity contribution in [2.45, 2.75) is 33.8 Å². The third-order valence-electron chi connectivity index (χ3n) is 4.60. The van der Waals surface area contributed by atoms with Crippen molar-refractivity contribution >= 4 is 29.4 Å². The number of nitro groups is 1. The van der Waals surface area contributed by atoms with E-state index < -0.39 is 40.4 Å². The Morgan fingerprint density at radius 1 is 1.06 bits per heavy atom. The first kappa shape index (κ1) is 24.3. The molecular weight excluding hydrogens is 424 g/mol. The van der Waals surface area contributed by atoms with Gasteiger partial charge in [0, 0.05) is 17.8 Å². The predicted molar refractivity (Wildman–Crippen MR) is 110 cm³/mol. The summed E-state index contributed by atoms with van der Waals surface area (Å²) < 4.78 is 14.7. The number of esters is 3. The highest BCUT2D eigenvalue weighted by Crippen LogP contribution is 2.22. The molecular formula is C21H22N2O9. The number of carbonyl (C=O) groups excluding carboxylic acids is 4. The summed E-state index contributed by atoms with van der Waals surface area (Å²) in [5, 5.41) is 11.2. The maximum absolute atomic E-state index is 12.8. The minimum absolute atomic E-state index is 0.0370. The number of ether oxygens (including phenoxy) is 3. The summed E-state index contributed by atoms with van der Waals surface area (Å²) >= 11 is 0. The van der Waals surface area contributed by atoms with Crippen molar-refractivity contribution in [1.82, 2.24) is 4.98 Å². The van der Waals surface area contributed by atoms with Crippen molar-refractivity contribution in [3.8, 4) is 0 Å². The van der Waals surface area contributed by atoms with Crippen LogP contribution < -0.4 is 0 Å². The molecule has 1 unspecified atom stereocenters. The number of Topliss-reactive ketones (excluding diaryl/α,β-unsaturated/α-hetero) is 1. The molecule has 0 amide bonds. The van der Waals surface area contributed by atoms with Crippen molar-refractivity contribution in [3.05, 3.63) is 62.0 Å². The molecule has 0 aliphatic carbocycles. The van der Waals surface area contributed by atoms with Gasteiger partial charge in [-0.1, -0.05) is 0 Å². The zero-order valence-corrected chi connectivity index (χ0v) is 18.1. The van der Waals surface area contributed by atoms with Gasteiger partial charge < -0.3 is 19.2 Å². The summed E-state index contributed by atoms with van der Waals surface area (Å²) in [5.41, 5.74) is -0.0000968. The number of nitro benzene ring substituents is 1. The van der Waals surface area contributed by atoms with E-state index >= 15 is 0 Å². The Balaban J connectivity index is 2.31. The van der Waals surface area contributed by atoms with Gasteiger partial charge in [-0.05, 0) is 39.3 Å². The molecule has 0 spiro atoms. The number of aryl methyl sites for hydroxylation is 1. The van der Waals surface area contributed by atoms with Crippen LogP contribution in [0.1, 0.15) is 66.7 Å². The summed E-state index contributed by atoms with van der Waals surface area (Å²) in [5.74, 6) is -3.13. The molecule has 0 aliphatic heterocycles. The number of nitrogens with zero attached hydrogens (tertiary/aromatic N) is 1. The molecule has 32 heavy (non-hydrogen) atoms. The molecule has 0 bridgehead atoms. The molecule has 1 heterocycles. The van der Waals surface area contributed by atoms with Gasteiger partial charge in [0.25, 0.3) is 5.69 Å². The molecule has 2 rings (SSSR count). The van der Waals surface area contributed by atoms with Crippen LogP contribution in [0.15, 0.2) is 18.2 Å². The number of methoxy groups -OCH3 is 1. The van der Waals surface area contributed by atoms with E-state index in [1.165, 1.54) is 14.0 Å². The maximum atomic E-state index is 12.8. The molecule has 0 radical (unpaired) electrons. The van der Waals surface area contributed by atoms with Crippen LogP contribution in [0.4, 0.5) is 5.69 Å². The van der Waals surface area contributed by atoms with Crippen molar-refractivity contribution in [2.75, 3.05) is 13.7 Å². The molecule has 1 aromatic carbocycles. The third-order valence-corrected chi connectivity index (χ3v) is 4.60. The molecule has 1 atom stereocenters. The highest BCUT2D eigenvalue weighted by molar-refractivity contribution is 6.05. The van der Waals surface area contributed by atoms with E-state index in [-0.39, 0.29) is 29.0 Å². The molecule has 170 valence electrons. The Morgan fingerprint density at radius 3 is 2.19 bits per heavy atom. The van der Waals surface area contributed by atoms with E-state index in [0.29, 0.717) is 11.3 Å². The molecule has 11 heteroatoms. The standard InChI is InChI=1S/C21H22N2O9/c1-6-31-19(25)13-7-14(9-15(8-13)23(28)29)20(26)32-12(4)18(24)17-10(2)16(11(3)22-17)21(27)30-5/h7-9,12,22H,6H2,1-5H3. The number of H-pyrrole nitrogens is 1. The van der Waals surface area contributed by atoms with Crippen LogP contribution in [-0.4, -0.2) is 53.4 Å². The van der Waals surface area contributed by atoms with Crippen molar-refractivity contribution in [3.63, 3.8) is 0 Å². The summed E-state index contributed by atoms with van der Waals surface area (Å²) in [6, 6.07) is 2.99. The smallest absolute Gasteiger partial charge is 0.339 e. The minimum Gasteiger partial charge on any atom is -0.465 e. The topological polar surface area (TPSA) is 155 Å². The average Bonchev–Trinajstić information content (AvgIpc) is 3.06. The van der Waals surface area contributed by atoms with Crippen LogP contribution in [0.25, 0.3) is 0 Å². The minimum atomic E-state index is -1.30. The lowest BCUT2D eigenvalue weighted by molar-refractivity contribution is -0.384. The molecule has 2 aromatic rings. The van der Waals surface area contributed by atoms with Gasteiger partial charge in [0.15, 0.2) is 6.10 Å². The SMILES string of the molecule is CCOC(=O)c1cc(C(=O)OC(C)C(=O)c2[nH]c(C)c(C(=O)OC)c2C)cc([N+](=O)[O-])c1. The van der Waals surface area contributed by atoms with Gasteiger partial charge in [0.1, 0.15) is 0 Å². The Morgan fingerprint density at radius 2 is 1.66 bits per heavy atom. The molecule has 0 saturated heterocycles. The van der Waals surface area contributed by atoms with Crippen molar-refractivity contribution < 1.29 is 38.3 Å². The molecule has 1 N–H and O–H groups in total. The number of benzene rings is 1. The lowest BCUT2D eigenvalue weighted by Gasteiger charge is -2.13. The van der Waals surface area contributed by atoms with Gasteiger partial charge in [-0.15, -0.1) is 0 Å². The van der Waals surface area contributed by atoms with Crippen LogP contribution in [-0.2, 0) is 14.2 Å². The second kappa shape index (κ2) is 9.86. The first-order valence-corrected chi connectivity index (χ1v) is 9.51. The Hall–Kier alpha value is -4.02. The van der Waals surface area contributed by atoms with Gasteiger partial charge in [-0.2, -0.15) is 0 Å². The molecule has 11 nitrogen and oxygen atoms in total. The number of carbonyl (C=O) groups is 4. The van der Waals surface area contributed by atoms with E-state index in [2.05, 4.69) is 4.98 Å². The average molecular weight is 446 g/mol. The van der Waals surface area contributed by atoms with Crippen molar-refractivity contribution in [2.24, 2.45) is 0 Å². The summed E-state index contributed by atoms with van der Waals surface area (Å²) in [7, 11) is 1.21.